The smallest absolute Gasteiger partial charge is 0.306 e. The Hall–Kier alpha value is -1.98. The van der Waals surface area contributed by atoms with E-state index in [1.807, 2.05) is 0 Å². The molecular weight excluding hydrogens is 318 g/mol. The molecule has 1 aromatic carbocycles. The molecular formula is C18H24F2O4. The van der Waals surface area contributed by atoms with Crippen LogP contribution in [0, 0.1) is 11.6 Å². The summed E-state index contributed by atoms with van der Waals surface area (Å²) >= 11 is 0. The van der Waals surface area contributed by atoms with Gasteiger partial charge < -0.3 is 9.47 Å². The summed E-state index contributed by atoms with van der Waals surface area (Å²) in [6.07, 6.45) is 4.73. The third kappa shape index (κ3) is 8.60. The Balaban J connectivity index is 2.11. The number of carbonyl (C=O) groups is 2. The number of hydrogen-bond donors (Lipinski definition) is 0. The van der Waals surface area contributed by atoms with Crippen molar-refractivity contribution in [3.63, 3.8) is 0 Å². The van der Waals surface area contributed by atoms with E-state index >= 15 is 0 Å². The van der Waals surface area contributed by atoms with Gasteiger partial charge in [-0.3, -0.25) is 9.59 Å². The van der Waals surface area contributed by atoms with Crippen molar-refractivity contribution in [1.29, 1.82) is 0 Å². The number of rotatable bonds is 11. The maximum atomic E-state index is 13.0. The molecule has 4 nitrogen and oxygen atoms in total. The van der Waals surface area contributed by atoms with Crippen LogP contribution in [-0.2, 0) is 25.7 Å². The van der Waals surface area contributed by atoms with Gasteiger partial charge in [0.2, 0.25) is 0 Å². The van der Waals surface area contributed by atoms with E-state index in [-0.39, 0.29) is 25.4 Å². The standard InChI is InChI=1S/C18H24F2O4/c1-2-3-4-5-11-23-17(21)7-6-8-18(22)24-13-14-9-10-15(19)16(20)12-14/h9-10,12H,2-8,11,13H2,1H3. The van der Waals surface area contributed by atoms with Crippen LogP contribution >= 0.6 is 0 Å². The molecule has 0 heterocycles. The van der Waals surface area contributed by atoms with Gasteiger partial charge in [-0.1, -0.05) is 32.3 Å². The average Bonchev–Trinajstić information content (AvgIpc) is 2.56. The lowest BCUT2D eigenvalue weighted by atomic mass is 10.2. The zero-order valence-corrected chi connectivity index (χ0v) is 14.0. The van der Waals surface area contributed by atoms with Crippen molar-refractivity contribution >= 4 is 11.9 Å². The molecule has 0 atom stereocenters. The maximum absolute atomic E-state index is 13.0. The second kappa shape index (κ2) is 11.5. The Morgan fingerprint density at radius 1 is 0.917 bits per heavy atom. The minimum Gasteiger partial charge on any atom is -0.466 e. The summed E-state index contributed by atoms with van der Waals surface area (Å²) < 4.78 is 35.8. The number of esters is 2. The number of hydrogen-bond acceptors (Lipinski definition) is 4. The van der Waals surface area contributed by atoms with Crippen LogP contribution in [0.4, 0.5) is 8.78 Å². The molecule has 0 radical (unpaired) electrons. The van der Waals surface area contributed by atoms with Crippen LogP contribution < -0.4 is 0 Å². The lowest BCUT2D eigenvalue weighted by Gasteiger charge is -2.06. The van der Waals surface area contributed by atoms with E-state index < -0.39 is 17.6 Å². The van der Waals surface area contributed by atoms with Crippen molar-refractivity contribution in [1.82, 2.24) is 0 Å². The van der Waals surface area contributed by atoms with Crippen LogP contribution in [-0.4, -0.2) is 18.5 Å². The first-order valence-corrected chi connectivity index (χ1v) is 8.28. The molecule has 0 saturated heterocycles. The Morgan fingerprint density at radius 2 is 1.62 bits per heavy atom. The monoisotopic (exact) mass is 342 g/mol. The van der Waals surface area contributed by atoms with E-state index in [2.05, 4.69) is 6.92 Å². The zero-order valence-electron chi connectivity index (χ0n) is 14.0. The molecule has 24 heavy (non-hydrogen) atoms. The number of benzene rings is 1. The highest BCUT2D eigenvalue weighted by atomic mass is 19.2. The normalized spacial score (nSPS) is 10.5. The molecule has 0 bridgehead atoms. The van der Waals surface area contributed by atoms with Crippen molar-refractivity contribution in [2.75, 3.05) is 6.61 Å². The van der Waals surface area contributed by atoms with Crippen LogP contribution in [0.15, 0.2) is 18.2 Å². The molecule has 1 aromatic rings. The minimum atomic E-state index is -0.981. The molecule has 0 fully saturated rings. The fraction of sp³-hybridized carbons (Fsp3) is 0.556. The molecule has 6 heteroatoms. The zero-order chi connectivity index (χ0) is 17.8. The molecule has 0 amide bonds. The van der Waals surface area contributed by atoms with Gasteiger partial charge in [0.15, 0.2) is 11.6 Å². The summed E-state index contributed by atoms with van der Waals surface area (Å²) in [7, 11) is 0. The van der Waals surface area contributed by atoms with Gasteiger partial charge in [0, 0.05) is 12.8 Å². The van der Waals surface area contributed by atoms with Gasteiger partial charge in [-0.15, -0.1) is 0 Å². The number of unbranched alkanes of at least 4 members (excludes halogenated alkanes) is 3. The minimum absolute atomic E-state index is 0.0780. The maximum Gasteiger partial charge on any atom is 0.306 e. The second-order valence-corrected chi connectivity index (χ2v) is 5.54. The summed E-state index contributed by atoms with van der Waals surface area (Å²) in [5.74, 6) is -2.74. The molecule has 1 rings (SSSR count). The summed E-state index contributed by atoms with van der Waals surface area (Å²) in [5, 5.41) is 0. The molecule has 0 aliphatic rings. The van der Waals surface area contributed by atoms with Crippen molar-refractivity contribution in [3.05, 3.63) is 35.4 Å². The number of carbonyl (C=O) groups excluding carboxylic acids is 2. The summed E-state index contributed by atoms with van der Waals surface area (Å²) in [6.45, 7) is 2.40. The third-order valence-electron chi connectivity index (χ3n) is 3.41. The summed E-state index contributed by atoms with van der Waals surface area (Å²) in [4.78, 5) is 23.0. The summed E-state index contributed by atoms with van der Waals surface area (Å²) in [6, 6.07) is 3.31. The van der Waals surface area contributed by atoms with Gasteiger partial charge in [0.25, 0.3) is 0 Å². The lowest BCUT2D eigenvalue weighted by molar-refractivity contribution is -0.146. The second-order valence-electron chi connectivity index (χ2n) is 5.54. The van der Waals surface area contributed by atoms with Crippen molar-refractivity contribution in [2.45, 2.75) is 58.5 Å². The Bertz CT molecular complexity index is 532. The van der Waals surface area contributed by atoms with E-state index in [1.165, 1.54) is 6.07 Å². The topological polar surface area (TPSA) is 52.6 Å². The van der Waals surface area contributed by atoms with Crippen LogP contribution in [0.5, 0.6) is 0 Å². The number of halogens is 2. The molecule has 0 unspecified atom stereocenters. The van der Waals surface area contributed by atoms with Crippen LogP contribution in [0.1, 0.15) is 57.4 Å². The summed E-state index contributed by atoms with van der Waals surface area (Å²) in [5.41, 5.74) is 0.369. The largest absolute Gasteiger partial charge is 0.466 e. The van der Waals surface area contributed by atoms with Gasteiger partial charge in [0.1, 0.15) is 6.61 Å². The van der Waals surface area contributed by atoms with Crippen LogP contribution in [0.2, 0.25) is 0 Å². The van der Waals surface area contributed by atoms with Gasteiger partial charge in [-0.05, 0) is 30.5 Å². The molecule has 0 aliphatic carbocycles. The molecule has 134 valence electrons. The van der Waals surface area contributed by atoms with E-state index in [9.17, 15) is 18.4 Å². The quantitative estimate of drug-likeness (QED) is 0.444. The molecule has 0 spiro atoms. The highest BCUT2D eigenvalue weighted by molar-refractivity contribution is 5.72. The van der Waals surface area contributed by atoms with Crippen molar-refractivity contribution in [2.24, 2.45) is 0 Å². The highest BCUT2D eigenvalue weighted by Gasteiger charge is 2.09. The third-order valence-corrected chi connectivity index (χ3v) is 3.41. The van der Waals surface area contributed by atoms with E-state index in [1.54, 1.807) is 0 Å². The van der Waals surface area contributed by atoms with Crippen LogP contribution in [0.25, 0.3) is 0 Å². The van der Waals surface area contributed by atoms with Crippen molar-refractivity contribution < 1.29 is 27.8 Å². The predicted octanol–water partition coefficient (Wildman–Crippen LogP) is 4.30. The first kappa shape index (κ1) is 20.1. The fourth-order valence-corrected chi connectivity index (χ4v) is 2.03. The molecule has 0 saturated carbocycles. The van der Waals surface area contributed by atoms with E-state index in [4.69, 9.17) is 9.47 Å². The van der Waals surface area contributed by atoms with Gasteiger partial charge in [-0.2, -0.15) is 0 Å². The average molecular weight is 342 g/mol. The first-order chi connectivity index (χ1) is 11.5. The molecule has 0 aliphatic heterocycles. The highest BCUT2D eigenvalue weighted by Crippen LogP contribution is 2.10. The fourth-order valence-electron chi connectivity index (χ4n) is 2.03. The lowest BCUT2D eigenvalue weighted by Crippen LogP contribution is -2.09. The van der Waals surface area contributed by atoms with Crippen LogP contribution in [0.3, 0.4) is 0 Å². The Morgan fingerprint density at radius 3 is 2.29 bits per heavy atom. The van der Waals surface area contributed by atoms with Gasteiger partial charge in [-0.25, -0.2) is 8.78 Å². The Labute approximate surface area is 141 Å². The molecule has 0 N–H and O–H groups in total. The first-order valence-electron chi connectivity index (χ1n) is 8.28. The van der Waals surface area contributed by atoms with Gasteiger partial charge in [0.05, 0.1) is 6.61 Å². The number of ether oxygens (including phenoxy) is 2. The Kier molecular flexibility index (Phi) is 9.65. The van der Waals surface area contributed by atoms with E-state index in [0.29, 0.717) is 18.6 Å². The van der Waals surface area contributed by atoms with Crippen molar-refractivity contribution in [3.8, 4) is 0 Å². The predicted molar refractivity (Wildman–Crippen MR) is 85.1 cm³/mol. The van der Waals surface area contributed by atoms with E-state index in [0.717, 1.165) is 37.8 Å². The SMILES string of the molecule is CCCCCCOC(=O)CCCC(=O)OCc1ccc(F)c(F)c1. The van der Waals surface area contributed by atoms with Gasteiger partial charge >= 0.3 is 11.9 Å². The molecule has 0 aromatic heterocycles.